The number of hydrogen-bond acceptors (Lipinski definition) is 9. The molecule has 1 unspecified atom stereocenters. The normalized spacial score (nSPS) is 18.6. The summed E-state index contributed by atoms with van der Waals surface area (Å²) in [5.41, 5.74) is -2.84. The Morgan fingerprint density at radius 1 is 1.08 bits per heavy atom. The number of carbonyl (C=O) groups is 2. The van der Waals surface area contributed by atoms with E-state index < -0.39 is 33.1 Å². The number of hydrogen-bond donors (Lipinski definition) is 1. The van der Waals surface area contributed by atoms with E-state index in [4.69, 9.17) is 21.1 Å². The third kappa shape index (κ3) is 8.71. The molecule has 3 aromatic heterocycles. The van der Waals surface area contributed by atoms with Crippen molar-refractivity contribution in [3.63, 3.8) is 0 Å². The lowest BCUT2D eigenvalue weighted by Gasteiger charge is -2.33. The van der Waals surface area contributed by atoms with Crippen molar-refractivity contribution in [1.82, 2.24) is 34.2 Å². The highest BCUT2D eigenvalue weighted by Gasteiger charge is 2.62. The van der Waals surface area contributed by atoms with E-state index in [1.807, 2.05) is 39.3 Å². The Bertz CT molecular complexity index is 1830. The molecular weight excluding hydrogens is 703 g/mol. The summed E-state index contributed by atoms with van der Waals surface area (Å²) in [6.07, 6.45) is 0.642. The maximum atomic E-state index is 13.1. The van der Waals surface area contributed by atoms with Crippen molar-refractivity contribution in [3.05, 3.63) is 47.4 Å². The first-order valence-corrected chi connectivity index (χ1v) is 18.1. The summed E-state index contributed by atoms with van der Waals surface area (Å²) in [6.45, 7) is 10.4. The van der Waals surface area contributed by atoms with Crippen molar-refractivity contribution in [2.75, 3.05) is 13.2 Å². The molecule has 1 atom stereocenters. The molecule has 0 bridgehead atoms. The first kappa shape index (κ1) is 37.4. The number of nitrogens with one attached hydrogen (secondary N) is 1. The smallest absolute Gasteiger partial charge is 0.410 e. The highest BCUT2D eigenvalue weighted by Crippen LogP contribution is 2.59. The standard InChI is InChI=1S/C32H41ClF3N7O6S/c1-29(2,3)49-28(45)42-20-21(19-30(42,4)5)7-6-15-41-16-11-25(39-41)50(46,47)40-27(44)22-8-9-23(37-26(22)33)43-17-10-24(38-43)48-18-14-31(12-13-31)32(34,35)36/h8-11,16-17,21H,6-7,12-15,18-20H2,1-5H3,(H,40,44). The van der Waals surface area contributed by atoms with Crippen LogP contribution in [0.1, 0.15) is 83.5 Å². The van der Waals surface area contributed by atoms with Crippen molar-refractivity contribution >= 4 is 33.6 Å². The number of aromatic nitrogens is 5. The number of carbonyl (C=O) groups excluding carboxylic acids is 2. The SMILES string of the molecule is CC(C)(C)OC(=O)N1CC(CCCn2ccc(S(=O)(=O)NC(=O)c3ccc(-n4ccc(OCCC5(C(F)(F)F)CC5)n4)nc3Cl)n2)CC1(C)C. The number of alkyl halides is 3. The third-order valence-electron chi connectivity index (χ3n) is 8.86. The fourth-order valence-corrected chi connectivity index (χ4v) is 7.16. The maximum absolute atomic E-state index is 13.1. The van der Waals surface area contributed by atoms with E-state index in [9.17, 15) is 31.2 Å². The Morgan fingerprint density at radius 3 is 2.44 bits per heavy atom. The van der Waals surface area contributed by atoms with Crippen LogP contribution in [0, 0.1) is 11.3 Å². The van der Waals surface area contributed by atoms with Crippen LogP contribution in [0.15, 0.2) is 41.7 Å². The monoisotopic (exact) mass is 743 g/mol. The summed E-state index contributed by atoms with van der Waals surface area (Å²) >= 11 is 6.23. The van der Waals surface area contributed by atoms with E-state index in [1.54, 1.807) is 4.90 Å². The van der Waals surface area contributed by atoms with Gasteiger partial charge in [0.25, 0.3) is 15.9 Å². The molecule has 0 aromatic carbocycles. The number of amides is 2. The number of halogens is 4. The van der Waals surface area contributed by atoms with Crippen molar-refractivity contribution in [2.45, 2.75) is 102 Å². The lowest BCUT2D eigenvalue weighted by Crippen LogP contribution is -2.45. The Balaban J connectivity index is 1.11. The van der Waals surface area contributed by atoms with Crippen molar-refractivity contribution < 1.29 is 40.7 Å². The van der Waals surface area contributed by atoms with Crippen molar-refractivity contribution in [3.8, 4) is 11.7 Å². The van der Waals surface area contributed by atoms with Crippen LogP contribution in [0.2, 0.25) is 5.15 Å². The molecule has 1 saturated heterocycles. The topological polar surface area (TPSA) is 151 Å². The van der Waals surface area contributed by atoms with Crippen LogP contribution in [0.3, 0.4) is 0 Å². The average Bonchev–Trinajstić information content (AvgIpc) is 3.29. The zero-order valence-electron chi connectivity index (χ0n) is 28.5. The molecule has 2 amide bonds. The summed E-state index contributed by atoms with van der Waals surface area (Å²) in [5, 5.41) is 7.61. The first-order chi connectivity index (χ1) is 23.2. The lowest BCUT2D eigenvalue weighted by atomic mass is 9.93. The molecule has 1 N–H and O–H groups in total. The molecule has 0 spiro atoms. The zero-order chi connectivity index (χ0) is 36.7. The number of rotatable bonds is 12. The fraction of sp³-hybridized carbons (Fsp3) is 0.594. The van der Waals surface area contributed by atoms with Crippen LogP contribution in [0.4, 0.5) is 18.0 Å². The molecule has 2 aliphatic rings. The predicted molar refractivity (Wildman–Crippen MR) is 175 cm³/mol. The molecule has 18 heteroatoms. The van der Waals surface area contributed by atoms with Crippen LogP contribution < -0.4 is 9.46 Å². The number of aryl methyl sites for hydroxylation is 1. The molecule has 50 heavy (non-hydrogen) atoms. The summed E-state index contributed by atoms with van der Waals surface area (Å²) in [5.74, 6) is -0.531. The van der Waals surface area contributed by atoms with Gasteiger partial charge in [-0.25, -0.2) is 19.2 Å². The van der Waals surface area contributed by atoms with Gasteiger partial charge in [0.05, 0.1) is 17.6 Å². The fourth-order valence-electron chi connectivity index (χ4n) is 6.01. The molecule has 1 aliphatic carbocycles. The van der Waals surface area contributed by atoms with Gasteiger partial charge in [-0.1, -0.05) is 11.6 Å². The van der Waals surface area contributed by atoms with Crippen LogP contribution >= 0.6 is 11.6 Å². The highest BCUT2D eigenvalue weighted by atomic mass is 35.5. The quantitative estimate of drug-likeness (QED) is 0.215. The molecular formula is C32H41ClF3N7O6S. The second-order valence-electron chi connectivity index (χ2n) is 14.5. The minimum absolute atomic E-state index is 0.0838. The Hall–Kier alpha value is -3.86. The predicted octanol–water partition coefficient (Wildman–Crippen LogP) is 6.16. The number of likely N-dealkylation sites (tertiary alicyclic amines) is 1. The lowest BCUT2D eigenvalue weighted by molar-refractivity contribution is -0.190. The van der Waals surface area contributed by atoms with Gasteiger partial charge >= 0.3 is 12.3 Å². The van der Waals surface area contributed by atoms with Gasteiger partial charge in [-0.2, -0.15) is 26.7 Å². The Morgan fingerprint density at radius 2 is 1.80 bits per heavy atom. The van der Waals surface area contributed by atoms with Gasteiger partial charge in [0.1, 0.15) is 10.8 Å². The highest BCUT2D eigenvalue weighted by molar-refractivity contribution is 7.90. The summed E-state index contributed by atoms with van der Waals surface area (Å²) in [7, 11) is -4.36. The molecule has 5 rings (SSSR count). The number of pyridine rings is 1. The summed E-state index contributed by atoms with van der Waals surface area (Å²) < 4.78 is 81.1. The van der Waals surface area contributed by atoms with Crippen LogP contribution in [0.25, 0.3) is 5.82 Å². The molecule has 13 nitrogen and oxygen atoms in total. The van der Waals surface area contributed by atoms with E-state index in [2.05, 4.69) is 15.2 Å². The van der Waals surface area contributed by atoms with E-state index >= 15 is 0 Å². The molecule has 274 valence electrons. The van der Waals surface area contributed by atoms with Gasteiger partial charge < -0.3 is 14.4 Å². The third-order valence-corrected chi connectivity index (χ3v) is 10.4. The average molecular weight is 744 g/mol. The number of ether oxygens (including phenoxy) is 2. The molecule has 1 aliphatic heterocycles. The van der Waals surface area contributed by atoms with Gasteiger partial charge in [0, 0.05) is 37.1 Å². The van der Waals surface area contributed by atoms with Gasteiger partial charge in [0.2, 0.25) is 5.88 Å². The largest absolute Gasteiger partial charge is 0.477 e. The van der Waals surface area contributed by atoms with Gasteiger partial charge in [0.15, 0.2) is 10.8 Å². The second kappa shape index (κ2) is 13.7. The van der Waals surface area contributed by atoms with Gasteiger partial charge in [-0.3, -0.25) is 9.48 Å². The van der Waals surface area contributed by atoms with E-state index in [-0.39, 0.29) is 70.9 Å². The minimum atomic E-state index is -4.36. The molecule has 4 heterocycles. The van der Waals surface area contributed by atoms with E-state index in [0.29, 0.717) is 19.5 Å². The molecule has 3 aromatic rings. The van der Waals surface area contributed by atoms with Crippen LogP contribution in [-0.4, -0.2) is 80.3 Å². The van der Waals surface area contributed by atoms with E-state index in [0.717, 1.165) is 12.8 Å². The first-order valence-electron chi connectivity index (χ1n) is 16.2. The molecule has 0 radical (unpaired) electrons. The second-order valence-corrected chi connectivity index (χ2v) is 16.4. The zero-order valence-corrected chi connectivity index (χ0v) is 30.0. The minimum Gasteiger partial charge on any atom is -0.477 e. The van der Waals surface area contributed by atoms with Crippen LogP contribution in [0.5, 0.6) is 5.88 Å². The Labute approximate surface area is 293 Å². The van der Waals surface area contributed by atoms with Gasteiger partial charge in [-0.15, -0.1) is 5.10 Å². The number of nitrogens with zero attached hydrogens (tertiary/aromatic N) is 6. The molecule has 2 fully saturated rings. The van der Waals surface area contributed by atoms with Crippen LogP contribution in [-0.2, 0) is 21.3 Å². The van der Waals surface area contributed by atoms with Gasteiger partial charge in [-0.05, 0) is 97.3 Å². The van der Waals surface area contributed by atoms with Crippen molar-refractivity contribution in [2.24, 2.45) is 11.3 Å². The van der Waals surface area contributed by atoms with Crippen molar-refractivity contribution in [1.29, 1.82) is 0 Å². The maximum Gasteiger partial charge on any atom is 0.410 e. The summed E-state index contributed by atoms with van der Waals surface area (Å²) in [6, 6.07) is 5.38. The summed E-state index contributed by atoms with van der Waals surface area (Å²) in [4.78, 5) is 31.5. The Kier molecular flexibility index (Phi) is 10.2. The van der Waals surface area contributed by atoms with E-state index in [1.165, 1.54) is 46.0 Å². The molecule has 1 saturated carbocycles. The number of sulfonamides is 1.